The first-order valence-electron chi connectivity index (χ1n) is 5.56. The minimum Gasteiger partial charge on any atom is -0.497 e. The van der Waals surface area contributed by atoms with Crippen LogP contribution < -0.4 is 9.47 Å². The topological polar surface area (TPSA) is 18.5 Å². The van der Waals surface area contributed by atoms with Gasteiger partial charge in [0.25, 0.3) is 0 Å². The maximum atomic E-state index is 5.42. The average Bonchev–Trinajstić information content (AvgIpc) is 2.83. The van der Waals surface area contributed by atoms with Gasteiger partial charge >= 0.3 is 0 Å². The van der Waals surface area contributed by atoms with Crippen LogP contribution in [-0.2, 0) is 0 Å². The van der Waals surface area contributed by atoms with Gasteiger partial charge in [0.15, 0.2) is 0 Å². The molecule has 1 aromatic carbocycles. The van der Waals surface area contributed by atoms with Crippen molar-refractivity contribution in [3.8, 4) is 11.5 Å². The normalized spacial score (nSPS) is 12.2. The molecule has 0 amide bonds. The Kier molecular flexibility index (Phi) is 4.30. The number of aryl methyl sites for hydroxylation is 1. The van der Waals surface area contributed by atoms with Gasteiger partial charge < -0.3 is 9.47 Å². The van der Waals surface area contributed by atoms with E-state index >= 15 is 0 Å². The molecule has 0 spiro atoms. The standard InChI is InChI=1S/C14H15BrO2S/c1-9-7-18-8-12(9)14(15)11-6-10(16-2)4-5-13(11)17-3/h4-8,14H,1-3H3. The second-order valence-electron chi connectivity index (χ2n) is 3.98. The second-order valence-corrected chi connectivity index (χ2v) is 5.64. The third kappa shape index (κ3) is 2.54. The Bertz CT molecular complexity index is 536. The second kappa shape index (κ2) is 5.76. The van der Waals surface area contributed by atoms with Gasteiger partial charge in [0.2, 0.25) is 0 Å². The van der Waals surface area contributed by atoms with Crippen LogP contribution in [-0.4, -0.2) is 14.2 Å². The van der Waals surface area contributed by atoms with Crippen molar-refractivity contribution in [3.05, 3.63) is 45.6 Å². The highest BCUT2D eigenvalue weighted by molar-refractivity contribution is 9.09. The molecule has 0 N–H and O–H groups in total. The average molecular weight is 327 g/mol. The number of hydrogen-bond acceptors (Lipinski definition) is 3. The number of thiophene rings is 1. The molecule has 1 heterocycles. The quantitative estimate of drug-likeness (QED) is 0.767. The van der Waals surface area contributed by atoms with Crippen LogP contribution in [0.2, 0.25) is 0 Å². The SMILES string of the molecule is COc1ccc(OC)c(C(Br)c2cscc2C)c1. The smallest absolute Gasteiger partial charge is 0.123 e. The molecule has 2 aromatic rings. The fourth-order valence-corrected chi connectivity index (χ4v) is 3.74. The Hall–Kier alpha value is -1.00. The Morgan fingerprint density at radius 1 is 1.11 bits per heavy atom. The third-order valence-corrected chi connectivity index (χ3v) is 4.74. The van der Waals surface area contributed by atoms with E-state index in [9.17, 15) is 0 Å². The summed E-state index contributed by atoms with van der Waals surface area (Å²) in [4.78, 5) is 0.119. The summed E-state index contributed by atoms with van der Waals surface area (Å²) in [6.07, 6.45) is 0. The summed E-state index contributed by atoms with van der Waals surface area (Å²) in [7, 11) is 3.36. The summed E-state index contributed by atoms with van der Waals surface area (Å²) in [5.41, 5.74) is 3.64. The molecule has 1 unspecified atom stereocenters. The van der Waals surface area contributed by atoms with E-state index < -0.39 is 0 Å². The van der Waals surface area contributed by atoms with Gasteiger partial charge in [-0.1, -0.05) is 15.9 Å². The highest BCUT2D eigenvalue weighted by atomic mass is 79.9. The first kappa shape index (κ1) is 13.4. The van der Waals surface area contributed by atoms with Gasteiger partial charge in [-0.3, -0.25) is 0 Å². The summed E-state index contributed by atoms with van der Waals surface area (Å²) < 4.78 is 10.7. The van der Waals surface area contributed by atoms with Crippen LogP contribution in [0.1, 0.15) is 21.5 Å². The van der Waals surface area contributed by atoms with Gasteiger partial charge in [0.05, 0.1) is 19.0 Å². The van der Waals surface area contributed by atoms with E-state index in [1.165, 1.54) is 11.1 Å². The molecule has 18 heavy (non-hydrogen) atoms. The van der Waals surface area contributed by atoms with Gasteiger partial charge in [0, 0.05) is 5.56 Å². The van der Waals surface area contributed by atoms with E-state index in [0.717, 1.165) is 17.1 Å². The van der Waals surface area contributed by atoms with Crippen molar-refractivity contribution in [3.63, 3.8) is 0 Å². The predicted octanol–water partition coefficient (Wildman–Crippen LogP) is 4.56. The maximum absolute atomic E-state index is 5.42. The maximum Gasteiger partial charge on any atom is 0.123 e. The highest BCUT2D eigenvalue weighted by Crippen LogP contribution is 2.40. The first-order chi connectivity index (χ1) is 8.67. The molecule has 0 saturated carbocycles. The summed E-state index contributed by atoms with van der Waals surface area (Å²) >= 11 is 5.46. The fraction of sp³-hybridized carbons (Fsp3) is 0.286. The first-order valence-corrected chi connectivity index (χ1v) is 7.42. The lowest BCUT2D eigenvalue weighted by molar-refractivity contribution is 0.399. The van der Waals surface area contributed by atoms with E-state index in [0.29, 0.717) is 0 Å². The number of methoxy groups -OCH3 is 2. The molecule has 0 aliphatic heterocycles. The van der Waals surface area contributed by atoms with Crippen molar-refractivity contribution in [2.24, 2.45) is 0 Å². The summed E-state index contributed by atoms with van der Waals surface area (Å²) in [6.45, 7) is 2.12. The third-order valence-electron chi connectivity index (χ3n) is 2.88. The van der Waals surface area contributed by atoms with Crippen molar-refractivity contribution < 1.29 is 9.47 Å². The van der Waals surface area contributed by atoms with E-state index in [2.05, 4.69) is 33.6 Å². The largest absolute Gasteiger partial charge is 0.497 e. The van der Waals surface area contributed by atoms with Crippen LogP contribution in [0.5, 0.6) is 11.5 Å². The van der Waals surface area contributed by atoms with Gasteiger partial charge in [-0.2, -0.15) is 11.3 Å². The molecule has 0 bridgehead atoms. The molecule has 1 aromatic heterocycles. The van der Waals surface area contributed by atoms with Crippen molar-refractivity contribution in [2.45, 2.75) is 11.8 Å². The zero-order valence-corrected chi connectivity index (χ0v) is 13.0. The number of hydrogen-bond donors (Lipinski definition) is 0. The number of ether oxygens (including phenoxy) is 2. The highest BCUT2D eigenvalue weighted by Gasteiger charge is 2.18. The molecule has 0 aliphatic rings. The van der Waals surface area contributed by atoms with E-state index in [1.807, 2.05) is 18.2 Å². The Balaban J connectivity index is 2.45. The number of alkyl halides is 1. The van der Waals surface area contributed by atoms with Crippen LogP contribution in [0.15, 0.2) is 29.0 Å². The molecule has 2 nitrogen and oxygen atoms in total. The molecule has 0 aliphatic carbocycles. The lowest BCUT2D eigenvalue weighted by Crippen LogP contribution is -1.98. The Morgan fingerprint density at radius 3 is 2.44 bits per heavy atom. The van der Waals surface area contributed by atoms with Crippen LogP contribution >= 0.6 is 27.3 Å². The van der Waals surface area contributed by atoms with Crippen molar-refractivity contribution in [1.82, 2.24) is 0 Å². The lowest BCUT2D eigenvalue weighted by Gasteiger charge is -2.15. The van der Waals surface area contributed by atoms with Gasteiger partial charge in [-0.05, 0) is 47.0 Å². The van der Waals surface area contributed by atoms with Crippen LogP contribution in [0, 0.1) is 6.92 Å². The van der Waals surface area contributed by atoms with Crippen LogP contribution in [0.4, 0.5) is 0 Å². The van der Waals surface area contributed by atoms with Crippen molar-refractivity contribution >= 4 is 27.3 Å². The predicted molar refractivity (Wildman–Crippen MR) is 79.4 cm³/mol. The molecule has 4 heteroatoms. The Morgan fingerprint density at radius 2 is 1.89 bits per heavy atom. The van der Waals surface area contributed by atoms with E-state index in [4.69, 9.17) is 9.47 Å². The lowest BCUT2D eigenvalue weighted by atomic mass is 10.0. The number of rotatable bonds is 4. The summed E-state index contributed by atoms with van der Waals surface area (Å²) in [5.74, 6) is 1.70. The molecule has 0 radical (unpaired) electrons. The molecular formula is C14H15BrO2S. The molecule has 96 valence electrons. The molecule has 0 saturated heterocycles. The zero-order chi connectivity index (χ0) is 13.1. The molecular weight excluding hydrogens is 312 g/mol. The van der Waals surface area contributed by atoms with Crippen LogP contribution in [0.3, 0.4) is 0 Å². The fourth-order valence-electron chi connectivity index (χ4n) is 1.84. The van der Waals surface area contributed by atoms with Gasteiger partial charge in [0.1, 0.15) is 11.5 Å². The summed E-state index contributed by atoms with van der Waals surface area (Å²) in [5, 5.41) is 4.31. The summed E-state index contributed by atoms with van der Waals surface area (Å²) in [6, 6.07) is 5.85. The van der Waals surface area contributed by atoms with Gasteiger partial charge in [-0.25, -0.2) is 0 Å². The van der Waals surface area contributed by atoms with Crippen LogP contribution in [0.25, 0.3) is 0 Å². The van der Waals surface area contributed by atoms with E-state index in [1.54, 1.807) is 25.6 Å². The molecule has 2 rings (SSSR count). The Labute approximate surface area is 120 Å². The zero-order valence-electron chi connectivity index (χ0n) is 10.6. The van der Waals surface area contributed by atoms with E-state index in [-0.39, 0.29) is 4.83 Å². The monoisotopic (exact) mass is 326 g/mol. The van der Waals surface area contributed by atoms with Crippen molar-refractivity contribution in [2.75, 3.05) is 14.2 Å². The molecule has 0 fully saturated rings. The van der Waals surface area contributed by atoms with Gasteiger partial charge in [-0.15, -0.1) is 0 Å². The van der Waals surface area contributed by atoms with Crippen molar-refractivity contribution in [1.29, 1.82) is 0 Å². The minimum atomic E-state index is 0.119. The number of halogens is 1. The minimum absolute atomic E-state index is 0.119. The molecule has 1 atom stereocenters. The number of benzene rings is 1.